The highest BCUT2D eigenvalue weighted by Crippen LogP contribution is 2.28. The van der Waals surface area contributed by atoms with Crippen molar-refractivity contribution in [2.75, 3.05) is 18.4 Å². The van der Waals surface area contributed by atoms with E-state index in [0.29, 0.717) is 36.5 Å². The fraction of sp³-hybridized carbons (Fsp3) is 0.579. The fourth-order valence-electron chi connectivity index (χ4n) is 5.96. The second-order valence-corrected chi connectivity index (χ2v) is 21.7. The first-order valence-electron chi connectivity index (χ1n) is 19.0. The zero-order chi connectivity index (χ0) is 42.0. The zero-order valence-corrected chi connectivity index (χ0v) is 35.7. The van der Waals surface area contributed by atoms with E-state index in [-0.39, 0.29) is 34.6 Å². The van der Waals surface area contributed by atoms with Gasteiger partial charge in [0, 0.05) is 25.2 Å². The van der Waals surface area contributed by atoms with Gasteiger partial charge >= 0.3 is 11.4 Å². The number of aromatic nitrogens is 4. The average Bonchev–Trinajstić information content (AvgIpc) is 3.80. The molecule has 4 aromatic rings. The number of nitrogens with zero attached hydrogens (tertiary/aromatic N) is 4. The molecule has 2 aliphatic carbocycles. The molecule has 2 heterocycles. The highest BCUT2D eigenvalue weighted by Gasteiger charge is 2.31. The van der Waals surface area contributed by atoms with Gasteiger partial charge in [-0.15, -0.1) is 0 Å². The Morgan fingerprint density at radius 1 is 0.684 bits per heavy atom. The third kappa shape index (κ3) is 13.8. The van der Waals surface area contributed by atoms with Gasteiger partial charge in [-0.3, -0.25) is 0 Å². The van der Waals surface area contributed by atoms with E-state index in [1.54, 1.807) is 77.9 Å². The van der Waals surface area contributed by atoms with Crippen molar-refractivity contribution in [3.05, 3.63) is 65.5 Å². The fourth-order valence-corrected chi connectivity index (χ4v) is 7.85. The molecule has 2 fully saturated rings. The maximum atomic E-state index is 13.8. The predicted octanol–water partition coefficient (Wildman–Crippen LogP) is 7.32. The molecule has 2 saturated carbocycles. The minimum Gasteiger partial charge on any atom is -0.335 e. The van der Waals surface area contributed by atoms with Crippen LogP contribution < -0.4 is 20.5 Å². The molecule has 0 atom stereocenters. The smallest absolute Gasteiger partial charge is 0.322 e. The first-order chi connectivity index (χ1) is 26.6. The molecule has 2 aromatic heterocycles. The lowest BCUT2D eigenvalue weighted by atomic mass is 9.86. The Bertz CT molecular complexity index is 2090. The Balaban J connectivity index is 0.000000209. The van der Waals surface area contributed by atoms with Crippen LogP contribution in [0.1, 0.15) is 92.9 Å². The van der Waals surface area contributed by atoms with E-state index in [1.807, 2.05) is 0 Å². The molecule has 14 nitrogen and oxygen atoms in total. The highest BCUT2D eigenvalue weighted by molar-refractivity contribution is 7.91. The van der Waals surface area contributed by atoms with Crippen LogP contribution in [0.4, 0.5) is 14.8 Å². The molecular weight excluding hydrogens is 802 g/mol. The summed E-state index contributed by atoms with van der Waals surface area (Å²) >= 11 is 5.40. The molecule has 0 unspecified atom stereocenters. The van der Waals surface area contributed by atoms with Crippen LogP contribution in [-0.2, 0) is 20.0 Å². The highest BCUT2D eigenvalue weighted by atomic mass is 35.5. The van der Waals surface area contributed by atoms with Crippen molar-refractivity contribution in [3.63, 3.8) is 0 Å². The minimum atomic E-state index is -3.32. The topological polar surface area (TPSA) is 208 Å². The van der Waals surface area contributed by atoms with Crippen LogP contribution in [0.15, 0.2) is 57.6 Å². The van der Waals surface area contributed by atoms with E-state index in [0.717, 1.165) is 51.4 Å². The third-order valence-electron chi connectivity index (χ3n) is 9.86. The predicted molar refractivity (Wildman–Crippen MR) is 217 cm³/mol. The van der Waals surface area contributed by atoms with Gasteiger partial charge in [-0.25, -0.2) is 35.1 Å². The number of benzene rings is 2. The van der Waals surface area contributed by atoms with E-state index in [1.165, 1.54) is 12.1 Å². The van der Waals surface area contributed by atoms with Gasteiger partial charge in [-0.1, -0.05) is 34.6 Å². The number of sulfonamides is 2. The Hall–Kier alpha value is -3.55. The Morgan fingerprint density at radius 2 is 1.11 bits per heavy atom. The summed E-state index contributed by atoms with van der Waals surface area (Å²) in [4.78, 5) is 7.92. The molecule has 2 aromatic carbocycles. The Morgan fingerprint density at radius 3 is 1.53 bits per heavy atom. The average molecular weight is 857 g/mol. The van der Waals surface area contributed by atoms with E-state index in [4.69, 9.17) is 21.9 Å². The summed E-state index contributed by atoms with van der Waals surface area (Å²) in [6.45, 7) is 11.2. The van der Waals surface area contributed by atoms with Gasteiger partial charge in [0.15, 0.2) is 0 Å². The Kier molecular flexibility index (Phi) is 16.1. The number of hydrogen-bond donors (Lipinski definition) is 4. The summed E-state index contributed by atoms with van der Waals surface area (Å²) in [5, 5.41) is 10.4. The lowest BCUT2D eigenvalue weighted by molar-refractivity contribution is 0.325. The van der Waals surface area contributed by atoms with E-state index in [9.17, 15) is 25.6 Å². The molecule has 2 aliphatic rings. The molecule has 57 heavy (non-hydrogen) atoms. The normalized spacial score (nSPS) is 20.5. The monoisotopic (exact) mass is 856 g/mol. The summed E-state index contributed by atoms with van der Waals surface area (Å²) in [5.74, 6) is 0.339. The first-order valence-corrected chi connectivity index (χ1v) is 22.3. The second kappa shape index (κ2) is 19.9. The summed E-state index contributed by atoms with van der Waals surface area (Å²) in [6.07, 6.45) is 7.65. The molecule has 0 saturated heterocycles. The van der Waals surface area contributed by atoms with Crippen LogP contribution >= 0.6 is 11.6 Å². The standard InChI is InChI=1S/C19H27FN4O3S.C11H24N2O2S.C8H4ClFN2O/c1-19(2,3)28(25,26)21-12-13-8-10-14(11-9-13)22-18-23-17(24-27-18)15-6-4-5-7-16(15)20;1-11(2,3)16(14,15)13-8-9-4-6-10(12)7-5-9;9-8-11-7(12-13-8)5-3-1-2-4-6(5)10/h4-7,13-14,21H,8-12H2,1-3H3,(H,22,23,24);9-10,13H,4-8,12H2,1-3H3;1-4H. The van der Waals surface area contributed by atoms with Crippen LogP contribution in [-0.4, -0.2) is 71.8 Å². The second-order valence-electron chi connectivity index (χ2n) is 16.3. The molecular formula is C38H55ClF2N8O6S2. The summed E-state index contributed by atoms with van der Waals surface area (Å²) in [6, 6.07) is 13.2. The molecule has 5 N–H and O–H groups in total. The molecule has 0 aliphatic heterocycles. The number of halogens is 3. The number of hydrogen-bond acceptors (Lipinski definition) is 12. The van der Waals surface area contributed by atoms with Crippen molar-refractivity contribution in [1.29, 1.82) is 0 Å². The molecule has 0 bridgehead atoms. The zero-order valence-electron chi connectivity index (χ0n) is 33.3. The van der Waals surface area contributed by atoms with E-state index >= 15 is 0 Å². The maximum absolute atomic E-state index is 13.8. The van der Waals surface area contributed by atoms with Crippen LogP contribution in [0.2, 0.25) is 5.35 Å². The maximum Gasteiger partial charge on any atom is 0.322 e. The van der Waals surface area contributed by atoms with Crippen LogP contribution in [0, 0.1) is 23.5 Å². The SMILES string of the molecule is CC(C)(C)S(=O)(=O)NCC1CCC(N)CC1.CC(C)(C)S(=O)(=O)NCC1CCC(Nc2nc(-c3ccccc3F)no2)CC1.Fc1ccccc1-c1noc(Cl)n1. The van der Waals surface area contributed by atoms with Crippen molar-refractivity contribution >= 4 is 37.7 Å². The van der Waals surface area contributed by atoms with Crippen molar-refractivity contribution in [3.8, 4) is 22.8 Å². The lowest BCUT2D eigenvalue weighted by Crippen LogP contribution is -2.42. The van der Waals surface area contributed by atoms with Crippen LogP contribution in [0.3, 0.4) is 0 Å². The third-order valence-corrected chi connectivity index (χ3v) is 14.3. The number of rotatable bonds is 10. The van der Waals surface area contributed by atoms with Gasteiger partial charge in [-0.2, -0.15) is 9.97 Å². The minimum absolute atomic E-state index is 0.0988. The van der Waals surface area contributed by atoms with Gasteiger partial charge in [0.25, 0.3) is 0 Å². The van der Waals surface area contributed by atoms with Gasteiger partial charge < -0.3 is 20.1 Å². The molecule has 0 radical (unpaired) electrons. The largest absolute Gasteiger partial charge is 0.335 e. The van der Waals surface area contributed by atoms with Gasteiger partial charge in [0.05, 0.1) is 20.6 Å². The van der Waals surface area contributed by atoms with E-state index in [2.05, 4.69) is 39.6 Å². The Labute approximate surface area is 339 Å². The summed E-state index contributed by atoms with van der Waals surface area (Å²) in [7, 11) is -6.51. The quantitative estimate of drug-likeness (QED) is 0.124. The van der Waals surface area contributed by atoms with Crippen molar-refractivity contribution in [2.24, 2.45) is 17.6 Å². The number of nitrogens with two attached hydrogens (primary N) is 1. The van der Waals surface area contributed by atoms with Crippen LogP contribution in [0.25, 0.3) is 22.8 Å². The summed E-state index contributed by atoms with van der Waals surface area (Å²) < 4.78 is 88.6. The molecule has 0 spiro atoms. The van der Waals surface area contributed by atoms with Crippen molar-refractivity contribution in [1.82, 2.24) is 29.7 Å². The van der Waals surface area contributed by atoms with Crippen molar-refractivity contribution in [2.45, 2.75) is 114 Å². The van der Waals surface area contributed by atoms with Gasteiger partial charge in [0.2, 0.25) is 31.7 Å². The molecule has 316 valence electrons. The first kappa shape index (κ1) is 46.1. The van der Waals surface area contributed by atoms with Gasteiger partial charge in [0.1, 0.15) is 11.6 Å². The van der Waals surface area contributed by atoms with Gasteiger partial charge in [-0.05, 0) is 141 Å². The lowest BCUT2D eigenvalue weighted by Gasteiger charge is -2.29. The number of anilines is 1. The van der Waals surface area contributed by atoms with E-state index < -0.39 is 41.2 Å². The molecule has 6 rings (SSSR count). The number of nitrogens with one attached hydrogen (secondary N) is 3. The summed E-state index contributed by atoms with van der Waals surface area (Å²) in [5.41, 5.74) is 6.39. The molecule has 19 heteroatoms. The van der Waals surface area contributed by atoms with Crippen LogP contribution in [0.5, 0.6) is 0 Å². The van der Waals surface area contributed by atoms with Crippen molar-refractivity contribution < 1.29 is 34.7 Å². The molecule has 0 amide bonds.